The number of esters is 1. The number of hydrogen-bond donors (Lipinski definition) is 1. The van der Waals surface area contributed by atoms with Crippen LogP contribution >= 0.6 is 22.9 Å². The molecule has 3 aromatic rings. The molecule has 1 aromatic heterocycles. The zero-order chi connectivity index (χ0) is 20.8. The van der Waals surface area contributed by atoms with Crippen LogP contribution in [0.3, 0.4) is 0 Å². The van der Waals surface area contributed by atoms with Gasteiger partial charge in [-0.25, -0.2) is 9.18 Å². The van der Waals surface area contributed by atoms with E-state index in [1.807, 2.05) is 0 Å². The summed E-state index contributed by atoms with van der Waals surface area (Å²) in [6.45, 7) is 1.93. The van der Waals surface area contributed by atoms with E-state index in [1.165, 1.54) is 29.5 Å². The van der Waals surface area contributed by atoms with Gasteiger partial charge in [-0.2, -0.15) is 0 Å². The summed E-state index contributed by atoms with van der Waals surface area (Å²) in [6, 6.07) is 12.8. The van der Waals surface area contributed by atoms with Crippen molar-refractivity contribution in [3.8, 4) is 11.1 Å². The molecule has 0 unspecified atom stereocenters. The highest BCUT2D eigenvalue weighted by atomic mass is 35.5. The summed E-state index contributed by atoms with van der Waals surface area (Å²) in [5.74, 6) is -1.28. The number of amides is 1. The van der Waals surface area contributed by atoms with Crippen molar-refractivity contribution in [2.45, 2.75) is 6.92 Å². The number of hydrogen-bond acceptors (Lipinski definition) is 4. The lowest BCUT2D eigenvalue weighted by Gasteiger charge is -2.08. The molecule has 0 aliphatic carbocycles. The largest absolute Gasteiger partial charge is 0.462 e. The summed E-state index contributed by atoms with van der Waals surface area (Å²) >= 11 is 7.18. The minimum Gasteiger partial charge on any atom is -0.462 e. The second-order valence-electron chi connectivity index (χ2n) is 5.96. The van der Waals surface area contributed by atoms with Crippen LogP contribution in [-0.4, -0.2) is 18.5 Å². The van der Waals surface area contributed by atoms with Crippen molar-refractivity contribution in [1.82, 2.24) is 0 Å². The number of thiophene rings is 1. The molecular weight excluding hydrogens is 413 g/mol. The Hall–Kier alpha value is -2.96. The molecule has 0 bridgehead atoms. The van der Waals surface area contributed by atoms with Crippen molar-refractivity contribution >= 4 is 45.9 Å². The standard InChI is InChI=1S/C22H17ClFNO3S/c1-2-28-22(27)20-18(15-6-8-16(23)9-7-15)13-29-21(20)25-19(26)12-5-14-3-10-17(24)11-4-14/h3-13H,2H2,1H3,(H,25,26)/b12-5+. The van der Waals surface area contributed by atoms with Crippen molar-refractivity contribution < 1.29 is 18.7 Å². The van der Waals surface area contributed by atoms with Gasteiger partial charge in [-0.15, -0.1) is 11.3 Å². The minimum absolute atomic E-state index is 0.215. The van der Waals surface area contributed by atoms with Crippen molar-refractivity contribution in [3.05, 3.63) is 82.0 Å². The van der Waals surface area contributed by atoms with Gasteiger partial charge in [-0.05, 0) is 48.4 Å². The molecular formula is C22H17ClFNO3S. The highest BCUT2D eigenvalue weighted by Gasteiger charge is 2.22. The molecule has 2 aromatic carbocycles. The van der Waals surface area contributed by atoms with Crippen molar-refractivity contribution in [1.29, 1.82) is 0 Å². The summed E-state index contributed by atoms with van der Waals surface area (Å²) in [5, 5.41) is 5.49. The first-order valence-corrected chi connectivity index (χ1v) is 10.0. The van der Waals surface area contributed by atoms with Crippen LogP contribution in [0.2, 0.25) is 5.02 Å². The second-order valence-corrected chi connectivity index (χ2v) is 7.27. The third kappa shape index (κ3) is 5.31. The van der Waals surface area contributed by atoms with Gasteiger partial charge >= 0.3 is 5.97 Å². The number of ether oxygens (including phenoxy) is 1. The number of carbonyl (C=O) groups is 2. The number of halogens is 2. The SMILES string of the molecule is CCOC(=O)c1c(-c2ccc(Cl)cc2)csc1NC(=O)/C=C/c1ccc(F)cc1. The molecule has 4 nitrogen and oxygen atoms in total. The fourth-order valence-electron chi connectivity index (χ4n) is 2.60. The predicted molar refractivity (Wildman–Crippen MR) is 115 cm³/mol. The van der Waals surface area contributed by atoms with Gasteiger partial charge in [-0.1, -0.05) is 35.9 Å². The lowest BCUT2D eigenvalue weighted by molar-refractivity contribution is -0.111. The quantitative estimate of drug-likeness (QED) is 0.384. The zero-order valence-electron chi connectivity index (χ0n) is 15.4. The highest BCUT2D eigenvalue weighted by Crippen LogP contribution is 2.36. The summed E-state index contributed by atoms with van der Waals surface area (Å²) in [6.07, 6.45) is 2.89. The Bertz CT molecular complexity index is 1040. The Labute approximate surface area is 176 Å². The molecule has 0 saturated carbocycles. The monoisotopic (exact) mass is 429 g/mol. The Morgan fingerprint density at radius 2 is 1.83 bits per heavy atom. The Morgan fingerprint density at radius 1 is 1.14 bits per heavy atom. The van der Waals surface area contributed by atoms with Gasteiger partial charge in [0.15, 0.2) is 0 Å². The highest BCUT2D eigenvalue weighted by molar-refractivity contribution is 7.15. The minimum atomic E-state index is -0.517. The molecule has 29 heavy (non-hydrogen) atoms. The van der Waals surface area contributed by atoms with Crippen molar-refractivity contribution in [2.75, 3.05) is 11.9 Å². The molecule has 0 radical (unpaired) electrons. The maximum absolute atomic E-state index is 13.0. The normalized spacial score (nSPS) is 10.9. The van der Waals surface area contributed by atoms with Crippen LogP contribution in [0, 0.1) is 5.82 Å². The van der Waals surface area contributed by atoms with Gasteiger partial charge < -0.3 is 10.1 Å². The molecule has 1 N–H and O–H groups in total. The van der Waals surface area contributed by atoms with Crippen LogP contribution in [0.15, 0.2) is 60.0 Å². The molecule has 1 heterocycles. The van der Waals surface area contributed by atoms with Crippen LogP contribution in [0.4, 0.5) is 9.39 Å². The lowest BCUT2D eigenvalue weighted by Crippen LogP contribution is -2.12. The van der Waals surface area contributed by atoms with Crippen molar-refractivity contribution in [2.24, 2.45) is 0 Å². The predicted octanol–water partition coefficient (Wildman–Crippen LogP) is 6.04. The molecule has 0 fully saturated rings. The van der Waals surface area contributed by atoms with Gasteiger partial charge in [0.05, 0.1) is 6.61 Å². The summed E-state index contributed by atoms with van der Waals surface area (Å²) in [4.78, 5) is 24.9. The van der Waals surface area contributed by atoms with E-state index in [0.29, 0.717) is 26.7 Å². The topological polar surface area (TPSA) is 55.4 Å². The molecule has 0 aliphatic heterocycles. The maximum Gasteiger partial charge on any atom is 0.341 e. The van der Waals surface area contributed by atoms with Crippen LogP contribution < -0.4 is 5.32 Å². The Kier molecular flexibility index (Phi) is 6.80. The number of anilines is 1. The summed E-state index contributed by atoms with van der Waals surface area (Å²) in [7, 11) is 0. The molecule has 0 atom stereocenters. The Morgan fingerprint density at radius 3 is 2.48 bits per heavy atom. The molecule has 7 heteroatoms. The van der Waals surface area contributed by atoms with Gasteiger partial charge in [0.25, 0.3) is 0 Å². The third-order valence-electron chi connectivity index (χ3n) is 3.96. The third-order valence-corrected chi connectivity index (χ3v) is 5.11. The van der Waals surface area contributed by atoms with E-state index in [4.69, 9.17) is 16.3 Å². The molecule has 3 rings (SSSR count). The van der Waals surface area contributed by atoms with E-state index in [2.05, 4.69) is 5.32 Å². The van der Waals surface area contributed by atoms with E-state index in [-0.39, 0.29) is 12.4 Å². The zero-order valence-corrected chi connectivity index (χ0v) is 17.0. The van der Waals surface area contributed by atoms with E-state index in [9.17, 15) is 14.0 Å². The fourth-order valence-corrected chi connectivity index (χ4v) is 3.68. The van der Waals surface area contributed by atoms with Gasteiger partial charge in [0.1, 0.15) is 16.4 Å². The van der Waals surface area contributed by atoms with Crippen LogP contribution in [0.5, 0.6) is 0 Å². The van der Waals surface area contributed by atoms with Gasteiger partial charge in [0, 0.05) is 22.0 Å². The first kappa shape index (κ1) is 20.8. The fraction of sp³-hybridized carbons (Fsp3) is 0.0909. The number of benzene rings is 2. The van der Waals surface area contributed by atoms with E-state index < -0.39 is 11.9 Å². The van der Waals surface area contributed by atoms with Gasteiger partial charge in [-0.3, -0.25) is 4.79 Å². The molecule has 1 amide bonds. The van der Waals surface area contributed by atoms with E-state index >= 15 is 0 Å². The lowest BCUT2D eigenvalue weighted by atomic mass is 10.0. The molecule has 148 valence electrons. The van der Waals surface area contributed by atoms with Crippen LogP contribution in [-0.2, 0) is 9.53 Å². The first-order valence-electron chi connectivity index (χ1n) is 8.77. The van der Waals surface area contributed by atoms with Crippen molar-refractivity contribution in [3.63, 3.8) is 0 Å². The molecule has 0 saturated heterocycles. The number of nitrogens with one attached hydrogen (secondary N) is 1. The van der Waals surface area contributed by atoms with Crippen LogP contribution in [0.25, 0.3) is 17.2 Å². The molecule has 0 aliphatic rings. The van der Waals surface area contributed by atoms with Gasteiger partial charge in [0.2, 0.25) is 5.91 Å². The summed E-state index contributed by atoms with van der Waals surface area (Å²) < 4.78 is 18.1. The van der Waals surface area contributed by atoms with Crippen LogP contribution in [0.1, 0.15) is 22.8 Å². The average Bonchev–Trinajstić information content (AvgIpc) is 3.12. The average molecular weight is 430 g/mol. The second kappa shape index (κ2) is 9.49. The maximum atomic E-state index is 13.0. The van der Waals surface area contributed by atoms with E-state index in [0.717, 1.165) is 5.56 Å². The molecule has 0 spiro atoms. The number of rotatable bonds is 6. The van der Waals surface area contributed by atoms with E-state index in [1.54, 1.807) is 54.8 Å². The summed E-state index contributed by atoms with van der Waals surface area (Å²) in [5.41, 5.74) is 2.42. The number of carbonyl (C=O) groups excluding carboxylic acids is 2. The smallest absolute Gasteiger partial charge is 0.341 e. The Balaban J connectivity index is 1.86. The first-order chi connectivity index (χ1) is 14.0.